The molecular formula is C58H78B5N3O16P5. The highest BCUT2D eigenvalue weighted by Crippen LogP contribution is 2.71. The molecule has 0 aromatic heterocycles. The Bertz CT molecular complexity index is 2860. The number of hydrogen-bond acceptors (Lipinski definition) is 16. The quantitative estimate of drug-likeness (QED) is 0.0496. The Hall–Kier alpha value is -4.45. The van der Waals surface area contributed by atoms with Crippen LogP contribution in [-0.4, -0.2) is 152 Å². The predicted molar refractivity (Wildman–Crippen MR) is 347 cm³/mol. The number of aliphatic hydroxyl groups excluding tert-OH is 1. The fourth-order valence-electron chi connectivity index (χ4n) is 12.7. The van der Waals surface area contributed by atoms with Gasteiger partial charge in [0.15, 0.2) is 0 Å². The van der Waals surface area contributed by atoms with Crippen LogP contribution >= 0.6 is 41.7 Å². The lowest BCUT2D eigenvalue weighted by Crippen LogP contribution is -2.43. The van der Waals surface area contributed by atoms with Crippen molar-refractivity contribution in [3.05, 3.63) is 93.8 Å². The van der Waals surface area contributed by atoms with Crippen LogP contribution in [0.5, 0.6) is 0 Å². The third-order valence-corrected chi connectivity index (χ3v) is 28.0. The number of aliphatic hydroxyl groups is 1. The SMILES string of the molecule is CC(C)(C)OC(=O)N1C(=O)/C(=C/O)[C@H]2C[C@@H]3CCC=C3[C@H]21.CC1=C[C@@H](O/C=C2/C(=O)N(C(=O)OC(C)(C)C)[C@@H]3C4=CCC[C@H]4C[C@H]23)OC1=O.CC1=C[C@H](O/C=C2/C(=O)N(C(=O)OC(C)(C)C)[C@@H]3C4=CCC[C@H]4C[C@H]23)OC1=O.PPP(P)P.[B][B]B([B])[B]. The molecule has 0 aromatic carbocycles. The number of nitrogens with zero attached hydrogens (tertiary/aromatic N) is 3. The van der Waals surface area contributed by atoms with Crippen molar-refractivity contribution >= 4 is 126 Å². The van der Waals surface area contributed by atoms with Gasteiger partial charge in [0.1, 0.15) is 16.8 Å². The van der Waals surface area contributed by atoms with E-state index in [1.54, 1.807) is 88.3 Å². The van der Waals surface area contributed by atoms with Crippen LogP contribution in [0.2, 0.25) is 0 Å². The van der Waals surface area contributed by atoms with Crippen molar-refractivity contribution in [2.24, 2.45) is 35.5 Å². The Morgan fingerprint density at radius 1 is 0.621 bits per heavy atom. The molecule has 0 bridgehead atoms. The van der Waals surface area contributed by atoms with Gasteiger partial charge in [-0.25, -0.2) is 38.7 Å². The zero-order valence-electron chi connectivity index (χ0n) is 51.3. The molecule has 1 N–H and O–H groups in total. The minimum atomic E-state index is -0.845. The van der Waals surface area contributed by atoms with Gasteiger partial charge in [0.05, 0.1) is 53.6 Å². The summed E-state index contributed by atoms with van der Waals surface area (Å²) in [5.41, 5.74) is 3.55. The van der Waals surface area contributed by atoms with E-state index >= 15 is 0 Å². The van der Waals surface area contributed by atoms with Crippen molar-refractivity contribution in [1.82, 2.24) is 14.7 Å². The van der Waals surface area contributed by atoms with Crippen LogP contribution in [0.3, 0.4) is 0 Å². The topological polar surface area (TPSA) is 231 Å². The van der Waals surface area contributed by atoms with Crippen molar-refractivity contribution < 1.29 is 76.6 Å². The van der Waals surface area contributed by atoms with Gasteiger partial charge < -0.3 is 38.3 Å². The third-order valence-electron chi connectivity index (χ3n) is 16.1. The normalized spacial score (nSPS) is 30.2. The lowest BCUT2D eigenvalue weighted by Gasteiger charge is -2.27. The van der Waals surface area contributed by atoms with E-state index in [0.29, 0.717) is 45.6 Å². The fraction of sp³-hybridized carbons (Fsp3) is 0.586. The number of fused-ring (bicyclic) bond motifs is 9. The molecule has 5 aliphatic heterocycles. The van der Waals surface area contributed by atoms with E-state index < -0.39 is 83.7 Å². The monoisotopic (exact) mass is 1280 g/mol. The summed E-state index contributed by atoms with van der Waals surface area (Å²) in [4.78, 5) is 103. The van der Waals surface area contributed by atoms with Gasteiger partial charge in [0.25, 0.3) is 30.3 Å². The van der Waals surface area contributed by atoms with Gasteiger partial charge in [-0.1, -0.05) is 26.2 Å². The first-order valence-electron chi connectivity index (χ1n) is 29.1. The highest BCUT2D eigenvalue weighted by Gasteiger charge is 2.59. The van der Waals surface area contributed by atoms with E-state index in [1.807, 2.05) is 0 Å². The molecule has 19 nitrogen and oxygen atoms in total. The second-order valence-electron chi connectivity index (χ2n) is 25.8. The molecular weight excluding hydrogens is 1200 g/mol. The Kier molecular flexibility index (Phi) is 23.2. The maximum Gasteiger partial charge on any atom is 0.417 e. The minimum absolute atomic E-state index is 0.0911. The van der Waals surface area contributed by atoms with E-state index in [4.69, 9.17) is 56.4 Å². The number of rotatable bonds is 6. The maximum atomic E-state index is 13.1. The number of allylic oxidation sites excluding steroid dienone is 3. The van der Waals surface area contributed by atoms with Crippen LogP contribution in [0.1, 0.15) is 134 Å². The van der Waals surface area contributed by atoms with Gasteiger partial charge in [-0.3, -0.25) is 14.4 Å². The first kappa shape index (κ1) is 70.0. The van der Waals surface area contributed by atoms with Crippen LogP contribution in [-0.2, 0) is 57.1 Å². The number of cyclic esters (lactones) is 2. The molecule has 87 heavy (non-hydrogen) atoms. The molecule has 15 atom stereocenters. The van der Waals surface area contributed by atoms with E-state index in [2.05, 4.69) is 45.0 Å². The summed E-state index contributed by atoms with van der Waals surface area (Å²) in [6.07, 6.45) is 17.6. The highest BCUT2D eigenvalue weighted by molar-refractivity contribution is 8.77. The number of carbonyl (C=O) groups is 8. The van der Waals surface area contributed by atoms with Crippen molar-refractivity contribution in [2.75, 3.05) is 0 Å². The summed E-state index contributed by atoms with van der Waals surface area (Å²) in [6.45, 7) is 19.5. The zero-order chi connectivity index (χ0) is 64.4. The first-order valence-corrected chi connectivity index (χ1v) is 37.4. The molecule has 7 radical (unpaired) electrons. The molecule has 3 saturated carbocycles. The lowest BCUT2D eigenvalue weighted by molar-refractivity contribution is -0.153. The average molecular weight is 1280 g/mol. The van der Waals surface area contributed by atoms with E-state index in [1.165, 1.54) is 34.3 Å². The third kappa shape index (κ3) is 16.6. The number of carbonyl (C=O) groups excluding carboxylic acids is 8. The molecule has 0 spiro atoms. The largest absolute Gasteiger partial charge is 0.515 e. The number of amides is 6. The average Bonchev–Trinajstić information content (AvgIpc) is 1.64. The number of esters is 2. The van der Waals surface area contributed by atoms with Gasteiger partial charge in [-0.2, -0.15) is 0 Å². The maximum absolute atomic E-state index is 13.1. The van der Waals surface area contributed by atoms with Crippen molar-refractivity contribution in [3.63, 3.8) is 0 Å². The Labute approximate surface area is 525 Å². The Morgan fingerprint density at radius 2 is 0.908 bits per heavy atom. The smallest absolute Gasteiger partial charge is 0.417 e. The predicted octanol–water partition coefficient (Wildman–Crippen LogP) is 9.90. The van der Waals surface area contributed by atoms with Crippen LogP contribution in [0.25, 0.3) is 0 Å². The van der Waals surface area contributed by atoms with Crippen LogP contribution in [0, 0.1) is 35.5 Å². The van der Waals surface area contributed by atoms with Gasteiger partial charge in [-0.15, -0.1) is 26.8 Å². The molecule has 461 valence electrons. The van der Waals surface area contributed by atoms with Crippen LogP contribution in [0.15, 0.2) is 93.8 Å². The second kappa shape index (κ2) is 28.8. The van der Waals surface area contributed by atoms with Crippen LogP contribution < -0.4 is 0 Å². The molecule has 6 fully saturated rings. The second-order valence-corrected chi connectivity index (χ2v) is 39.8. The number of hydrogen-bond donors (Lipinski definition) is 1. The van der Waals surface area contributed by atoms with E-state index in [0.717, 1.165) is 88.7 Å². The molecule has 0 aromatic rings. The van der Waals surface area contributed by atoms with Crippen molar-refractivity contribution in [1.29, 1.82) is 0 Å². The number of likely N-dealkylation sites (tertiary alicyclic amines) is 3. The molecule has 6 amide bonds. The Balaban J connectivity index is 0.000000174. The highest BCUT2D eigenvalue weighted by atomic mass is 32.8. The summed E-state index contributed by atoms with van der Waals surface area (Å²) in [7, 11) is 25.0. The summed E-state index contributed by atoms with van der Waals surface area (Å²) in [5, 5.41) is 9.40. The standard InChI is InChI=1S/2C21H25NO6.C16H21NO4.B5.H7P5/c2*1-11-8-16(27-19(11)24)26-10-15-14-9-12-6-5-7-13(12)17(14)22(18(15)23)20(25)28-21(2,3)4;1-16(2,3)21-15(20)17-13-10-6-4-5-9(10)7-11(13)12(8-18)14(17)19;2*1-4-5(2)3/h2*7-8,10,12,14,16-17H,5-6,9H2,1-4H3;6,8-9,11,13,18H,4-5,7H2,1-3H3;;4H,1-3H2/b2*15-10+;12-8+;;/t12-,14+,16+,17+;12-,14+,16-,17+;9-,11+,13+;;/m000../s1. The summed E-state index contributed by atoms with van der Waals surface area (Å²) < 4.78 is 37.6. The van der Waals surface area contributed by atoms with E-state index in [9.17, 15) is 43.5 Å². The van der Waals surface area contributed by atoms with Crippen molar-refractivity contribution in [2.45, 2.75) is 181 Å². The first-order chi connectivity index (χ1) is 40.7. The molecule has 5 heterocycles. The summed E-state index contributed by atoms with van der Waals surface area (Å²) >= 11 is 0. The minimum Gasteiger partial charge on any atom is -0.515 e. The lowest BCUT2D eigenvalue weighted by atomic mass is 8.97. The molecule has 11 rings (SSSR count). The molecule has 4 unspecified atom stereocenters. The molecule has 3 saturated heterocycles. The molecule has 6 aliphatic carbocycles. The fourth-order valence-corrected chi connectivity index (χ4v) is 12.7. The van der Waals surface area contributed by atoms with Crippen LogP contribution in [0.4, 0.5) is 14.4 Å². The summed E-state index contributed by atoms with van der Waals surface area (Å²) in [5.74, 6) is -1.26. The van der Waals surface area contributed by atoms with Gasteiger partial charge >= 0.3 is 30.2 Å². The Morgan fingerprint density at radius 3 is 1.15 bits per heavy atom. The molecule has 29 heteroatoms. The van der Waals surface area contributed by atoms with Crippen molar-refractivity contribution in [3.8, 4) is 0 Å². The number of ether oxygens (including phenoxy) is 7. The summed E-state index contributed by atoms with van der Waals surface area (Å²) in [6, 6.07) is -0.889. The zero-order valence-corrected chi connectivity index (χ0v) is 56.7. The number of imide groups is 3. The van der Waals surface area contributed by atoms with E-state index in [-0.39, 0.29) is 42.9 Å². The van der Waals surface area contributed by atoms with Gasteiger partial charge in [0.2, 0.25) is 0 Å². The van der Waals surface area contributed by atoms with Gasteiger partial charge in [-0.05, 0) is 175 Å². The van der Waals surface area contributed by atoms with Gasteiger partial charge in [0, 0.05) is 77.7 Å². The molecule has 11 aliphatic rings.